The molecule has 98 valence electrons. The van der Waals surface area contributed by atoms with Crippen molar-refractivity contribution in [2.75, 3.05) is 19.8 Å². The normalized spacial score (nSPS) is 34.9. The van der Waals surface area contributed by atoms with Crippen LogP contribution in [0.4, 0.5) is 0 Å². The number of ether oxygens (including phenoxy) is 1. The first-order valence-corrected chi connectivity index (χ1v) is 6.97. The molecule has 0 radical (unpaired) electrons. The molecule has 2 heterocycles. The van der Waals surface area contributed by atoms with E-state index in [9.17, 15) is 4.79 Å². The molecule has 3 nitrogen and oxygen atoms in total. The topological polar surface area (TPSA) is 29.5 Å². The van der Waals surface area contributed by atoms with E-state index in [1.54, 1.807) is 0 Å². The third kappa shape index (κ3) is 2.71. The number of piperidine rings is 1. The van der Waals surface area contributed by atoms with Gasteiger partial charge >= 0.3 is 0 Å². The van der Waals surface area contributed by atoms with Crippen molar-refractivity contribution in [2.24, 2.45) is 11.8 Å². The lowest BCUT2D eigenvalue weighted by molar-refractivity contribution is -0.129. The van der Waals surface area contributed by atoms with Gasteiger partial charge < -0.3 is 4.74 Å². The Labute approximate surface area is 105 Å². The molecule has 0 aromatic carbocycles. The molecule has 0 aromatic heterocycles. The Morgan fingerprint density at radius 1 is 1.29 bits per heavy atom. The summed E-state index contributed by atoms with van der Waals surface area (Å²) in [4.78, 5) is 14.2. The van der Waals surface area contributed by atoms with Crippen molar-refractivity contribution in [3.8, 4) is 0 Å². The number of rotatable bonds is 2. The van der Waals surface area contributed by atoms with Crippen LogP contribution in [0, 0.1) is 11.8 Å². The first-order valence-electron chi connectivity index (χ1n) is 6.97. The van der Waals surface area contributed by atoms with Crippen LogP contribution in [0.1, 0.15) is 40.0 Å². The molecule has 0 aromatic rings. The molecule has 0 saturated carbocycles. The summed E-state index contributed by atoms with van der Waals surface area (Å²) in [6, 6.07) is 0.985. The number of Topliss-reactive ketones (excluding diaryl/α,β-unsaturated/α-hetero) is 1. The molecule has 0 bridgehead atoms. The van der Waals surface area contributed by atoms with Gasteiger partial charge in [-0.1, -0.05) is 6.92 Å². The Bertz CT molecular complexity index is 273. The largest absolute Gasteiger partial charge is 0.381 e. The van der Waals surface area contributed by atoms with E-state index in [4.69, 9.17) is 4.74 Å². The first-order chi connectivity index (χ1) is 8.11. The molecular weight excluding hydrogens is 214 g/mol. The van der Waals surface area contributed by atoms with Gasteiger partial charge in [-0.15, -0.1) is 0 Å². The SMILES string of the molecule is CC1C(=O)CCN(C(C)C2CCOCC2)C1C. The van der Waals surface area contributed by atoms with Gasteiger partial charge in [0.1, 0.15) is 5.78 Å². The number of carbonyl (C=O) groups is 1. The second-order valence-corrected chi connectivity index (χ2v) is 5.67. The Balaban J connectivity index is 1.98. The minimum Gasteiger partial charge on any atom is -0.381 e. The van der Waals surface area contributed by atoms with Crippen LogP contribution in [0.2, 0.25) is 0 Å². The number of carbonyl (C=O) groups excluding carboxylic acids is 1. The van der Waals surface area contributed by atoms with E-state index >= 15 is 0 Å². The van der Waals surface area contributed by atoms with E-state index in [0.29, 0.717) is 17.9 Å². The monoisotopic (exact) mass is 239 g/mol. The zero-order chi connectivity index (χ0) is 12.4. The molecule has 3 atom stereocenters. The van der Waals surface area contributed by atoms with Crippen LogP contribution in [0.25, 0.3) is 0 Å². The molecular formula is C14H25NO2. The van der Waals surface area contributed by atoms with Gasteiger partial charge in [-0.05, 0) is 32.6 Å². The summed E-state index contributed by atoms with van der Waals surface area (Å²) in [6.07, 6.45) is 3.08. The number of hydrogen-bond acceptors (Lipinski definition) is 3. The Kier molecular flexibility index (Phi) is 4.21. The van der Waals surface area contributed by atoms with Gasteiger partial charge in [0.05, 0.1) is 0 Å². The maximum atomic E-state index is 11.7. The molecule has 0 amide bonds. The average Bonchev–Trinajstić information content (AvgIpc) is 2.36. The van der Waals surface area contributed by atoms with Gasteiger partial charge in [0, 0.05) is 44.2 Å². The Morgan fingerprint density at radius 3 is 2.59 bits per heavy atom. The van der Waals surface area contributed by atoms with E-state index < -0.39 is 0 Å². The molecule has 17 heavy (non-hydrogen) atoms. The third-order valence-corrected chi connectivity index (χ3v) is 4.84. The molecule has 2 fully saturated rings. The fourth-order valence-corrected chi connectivity index (χ4v) is 3.27. The molecule has 2 saturated heterocycles. The summed E-state index contributed by atoms with van der Waals surface area (Å²) >= 11 is 0. The van der Waals surface area contributed by atoms with Crippen molar-refractivity contribution in [3.05, 3.63) is 0 Å². The van der Waals surface area contributed by atoms with Crippen molar-refractivity contribution in [1.82, 2.24) is 4.90 Å². The zero-order valence-electron chi connectivity index (χ0n) is 11.3. The second-order valence-electron chi connectivity index (χ2n) is 5.67. The molecule has 0 spiro atoms. The highest BCUT2D eigenvalue weighted by Gasteiger charge is 2.36. The van der Waals surface area contributed by atoms with Crippen molar-refractivity contribution in [3.63, 3.8) is 0 Å². The van der Waals surface area contributed by atoms with Gasteiger partial charge in [-0.2, -0.15) is 0 Å². The first kappa shape index (κ1) is 13.0. The van der Waals surface area contributed by atoms with E-state index in [2.05, 4.69) is 25.7 Å². The zero-order valence-corrected chi connectivity index (χ0v) is 11.3. The fraction of sp³-hybridized carbons (Fsp3) is 0.929. The van der Waals surface area contributed by atoms with Gasteiger partial charge in [-0.3, -0.25) is 9.69 Å². The van der Waals surface area contributed by atoms with Crippen molar-refractivity contribution < 1.29 is 9.53 Å². The molecule has 2 aliphatic heterocycles. The maximum Gasteiger partial charge on any atom is 0.138 e. The number of hydrogen-bond donors (Lipinski definition) is 0. The summed E-state index contributed by atoms with van der Waals surface area (Å²) in [6.45, 7) is 9.38. The highest BCUT2D eigenvalue weighted by molar-refractivity contribution is 5.82. The molecule has 3 heteroatoms. The van der Waals surface area contributed by atoms with Gasteiger partial charge in [0.25, 0.3) is 0 Å². The van der Waals surface area contributed by atoms with Crippen molar-refractivity contribution in [1.29, 1.82) is 0 Å². The van der Waals surface area contributed by atoms with Crippen molar-refractivity contribution >= 4 is 5.78 Å². The summed E-state index contributed by atoms with van der Waals surface area (Å²) in [5.41, 5.74) is 0. The van der Waals surface area contributed by atoms with Crippen LogP contribution in [0.3, 0.4) is 0 Å². The smallest absolute Gasteiger partial charge is 0.138 e. The predicted octanol–water partition coefficient (Wildman–Crippen LogP) is 2.10. The minimum atomic E-state index is 0.200. The number of likely N-dealkylation sites (tertiary alicyclic amines) is 1. The lowest BCUT2D eigenvalue weighted by atomic mass is 9.85. The van der Waals surface area contributed by atoms with Crippen LogP contribution >= 0.6 is 0 Å². The summed E-state index contributed by atoms with van der Waals surface area (Å²) in [5.74, 6) is 1.38. The quantitative estimate of drug-likeness (QED) is 0.739. The minimum absolute atomic E-state index is 0.200. The van der Waals surface area contributed by atoms with E-state index in [0.717, 1.165) is 32.1 Å². The van der Waals surface area contributed by atoms with Crippen LogP contribution in [0.5, 0.6) is 0 Å². The van der Waals surface area contributed by atoms with Gasteiger partial charge in [0.15, 0.2) is 0 Å². The predicted molar refractivity (Wildman–Crippen MR) is 68.0 cm³/mol. The highest BCUT2D eigenvalue weighted by atomic mass is 16.5. The fourth-order valence-electron chi connectivity index (χ4n) is 3.27. The van der Waals surface area contributed by atoms with Gasteiger partial charge in [-0.25, -0.2) is 0 Å². The van der Waals surface area contributed by atoms with E-state index in [-0.39, 0.29) is 5.92 Å². The lowest BCUT2D eigenvalue weighted by Crippen LogP contribution is -2.53. The van der Waals surface area contributed by atoms with E-state index in [1.165, 1.54) is 12.8 Å². The van der Waals surface area contributed by atoms with Crippen molar-refractivity contribution in [2.45, 2.75) is 52.1 Å². The third-order valence-electron chi connectivity index (χ3n) is 4.84. The van der Waals surface area contributed by atoms with Crippen LogP contribution in [-0.2, 0) is 9.53 Å². The Hall–Kier alpha value is -0.410. The second kappa shape index (κ2) is 5.49. The molecule has 2 rings (SSSR count). The van der Waals surface area contributed by atoms with E-state index in [1.807, 2.05) is 0 Å². The summed E-state index contributed by atoms with van der Waals surface area (Å²) in [7, 11) is 0. The van der Waals surface area contributed by atoms with Crippen LogP contribution < -0.4 is 0 Å². The summed E-state index contributed by atoms with van der Waals surface area (Å²) in [5, 5.41) is 0. The number of ketones is 1. The Morgan fingerprint density at radius 2 is 1.94 bits per heavy atom. The highest BCUT2D eigenvalue weighted by Crippen LogP contribution is 2.29. The molecule has 0 N–H and O–H groups in total. The standard InChI is InChI=1S/C14H25NO2/c1-10-11(2)15(7-4-14(10)16)12(3)13-5-8-17-9-6-13/h10-13H,4-9H2,1-3H3. The maximum absolute atomic E-state index is 11.7. The molecule has 2 aliphatic rings. The molecule has 0 aliphatic carbocycles. The van der Waals surface area contributed by atoms with Gasteiger partial charge in [0.2, 0.25) is 0 Å². The molecule has 3 unspecified atom stereocenters. The van der Waals surface area contributed by atoms with Crippen LogP contribution in [-0.4, -0.2) is 42.5 Å². The summed E-state index contributed by atoms with van der Waals surface area (Å²) < 4.78 is 5.43. The lowest BCUT2D eigenvalue weighted by Gasteiger charge is -2.44. The van der Waals surface area contributed by atoms with Crippen LogP contribution in [0.15, 0.2) is 0 Å². The average molecular weight is 239 g/mol. The number of nitrogens with zero attached hydrogens (tertiary/aromatic N) is 1.